The van der Waals surface area contributed by atoms with Crippen molar-refractivity contribution in [2.24, 2.45) is 0 Å². The Kier molecular flexibility index (Phi) is 2.77. The first-order chi connectivity index (χ1) is 9.92. The van der Waals surface area contributed by atoms with Gasteiger partial charge < -0.3 is 10.3 Å². The van der Waals surface area contributed by atoms with Gasteiger partial charge in [-0.3, -0.25) is 5.10 Å². The molecule has 1 aliphatic rings. The predicted molar refractivity (Wildman–Crippen MR) is 78.5 cm³/mol. The molecular formula is C15H17N5. The van der Waals surface area contributed by atoms with Gasteiger partial charge in [0.2, 0.25) is 0 Å². The minimum Gasteiger partial charge on any atom is -0.346 e. The maximum absolute atomic E-state index is 4.52. The van der Waals surface area contributed by atoms with E-state index in [1.54, 1.807) is 0 Å². The molecule has 102 valence electrons. The Balaban J connectivity index is 1.72. The van der Waals surface area contributed by atoms with Crippen LogP contribution in [0.4, 0.5) is 0 Å². The highest BCUT2D eigenvalue weighted by molar-refractivity contribution is 5.91. The van der Waals surface area contributed by atoms with Crippen molar-refractivity contribution in [1.29, 1.82) is 0 Å². The number of aromatic nitrogens is 4. The minimum atomic E-state index is 0.574. The van der Waals surface area contributed by atoms with Crippen LogP contribution in [0, 0.1) is 0 Å². The van der Waals surface area contributed by atoms with Gasteiger partial charge in [0, 0.05) is 29.3 Å². The molecule has 0 unspecified atom stereocenters. The summed E-state index contributed by atoms with van der Waals surface area (Å²) < 4.78 is 0. The number of nitrogens with one attached hydrogen (secondary N) is 3. The second kappa shape index (κ2) is 4.76. The first-order valence-corrected chi connectivity index (χ1v) is 7.10. The summed E-state index contributed by atoms with van der Waals surface area (Å²) >= 11 is 0. The molecule has 0 radical (unpaired) electrons. The van der Waals surface area contributed by atoms with Gasteiger partial charge in [-0.05, 0) is 44.1 Å². The van der Waals surface area contributed by atoms with Gasteiger partial charge in [0.15, 0.2) is 0 Å². The fourth-order valence-electron chi connectivity index (χ4n) is 3.00. The molecule has 0 saturated carbocycles. The van der Waals surface area contributed by atoms with E-state index in [4.69, 9.17) is 0 Å². The van der Waals surface area contributed by atoms with Gasteiger partial charge in [-0.15, -0.1) is 0 Å². The van der Waals surface area contributed by atoms with Crippen LogP contribution >= 0.6 is 0 Å². The largest absolute Gasteiger partial charge is 0.346 e. The molecule has 1 saturated heterocycles. The number of pyridine rings is 1. The molecule has 0 aliphatic carbocycles. The third kappa shape index (κ3) is 1.91. The first-order valence-electron chi connectivity index (χ1n) is 7.10. The molecule has 5 heteroatoms. The molecule has 0 amide bonds. The van der Waals surface area contributed by atoms with Gasteiger partial charge >= 0.3 is 0 Å². The fourth-order valence-corrected chi connectivity index (χ4v) is 3.00. The third-order valence-electron chi connectivity index (χ3n) is 4.11. The van der Waals surface area contributed by atoms with Crippen molar-refractivity contribution in [2.75, 3.05) is 13.1 Å². The van der Waals surface area contributed by atoms with Crippen LogP contribution in [0.3, 0.4) is 0 Å². The highest BCUT2D eigenvalue weighted by atomic mass is 15.1. The van der Waals surface area contributed by atoms with Crippen LogP contribution in [0.5, 0.6) is 0 Å². The number of aromatic amines is 2. The summed E-state index contributed by atoms with van der Waals surface area (Å²) in [5.74, 6) is 0.574. The zero-order valence-corrected chi connectivity index (χ0v) is 11.2. The molecule has 4 heterocycles. The summed E-state index contributed by atoms with van der Waals surface area (Å²) in [6.45, 7) is 2.17. The lowest BCUT2D eigenvalue weighted by atomic mass is 9.94. The van der Waals surface area contributed by atoms with Gasteiger partial charge in [0.05, 0.1) is 11.4 Å². The van der Waals surface area contributed by atoms with Crippen molar-refractivity contribution in [3.05, 3.63) is 36.3 Å². The second-order valence-electron chi connectivity index (χ2n) is 5.33. The van der Waals surface area contributed by atoms with E-state index in [-0.39, 0.29) is 0 Å². The van der Waals surface area contributed by atoms with E-state index in [0.717, 1.165) is 35.4 Å². The molecule has 3 aromatic rings. The number of hydrogen-bond acceptors (Lipinski definition) is 3. The van der Waals surface area contributed by atoms with Crippen molar-refractivity contribution >= 4 is 11.0 Å². The molecule has 0 bridgehead atoms. The summed E-state index contributed by atoms with van der Waals surface area (Å²) in [5, 5.41) is 12.2. The molecule has 3 aromatic heterocycles. The Morgan fingerprint density at radius 3 is 2.95 bits per heavy atom. The number of rotatable bonds is 2. The molecule has 0 spiro atoms. The van der Waals surface area contributed by atoms with Crippen molar-refractivity contribution < 1.29 is 0 Å². The molecule has 1 aliphatic heterocycles. The van der Waals surface area contributed by atoms with Crippen LogP contribution in [-0.2, 0) is 0 Å². The molecular weight excluding hydrogens is 250 g/mol. The molecule has 0 atom stereocenters. The van der Waals surface area contributed by atoms with Gasteiger partial charge in [-0.25, -0.2) is 4.98 Å². The first kappa shape index (κ1) is 11.7. The normalized spacial score (nSPS) is 16.8. The zero-order valence-electron chi connectivity index (χ0n) is 11.2. The van der Waals surface area contributed by atoms with E-state index in [2.05, 4.69) is 37.6 Å². The topological polar surface area (TPSA) is 69.4 Å². The lowest BCUT2D eigenvalue weighted by Gasteiger charge is -2.20. The average molecular weight is 267 g/mol. The smallest absolute Gasteiger partial charge is 0.137 e. The summed E-state index contributed by atoms with van der Waals surface area (Å²) in [7, 11) is 0. The van der Waals surface area contributed by atoms with E-state index in [0.29, 0.717) is 5.92 Å². The monoisotopic (exact) mass is 267 g/mol. The molecule has 1 fully saturated rings. The van der Waals surface area contributed by atoms with Gasteiger partial charge in [-0.1, -0.05) is 0 Å². The number of piperidine rings is 1. The maximum Gasteiger partial charge on any atom is 0.137 e. The summed E-state index contributed by atoms with van der Waals surface area (Å²) in [4.78, 5) is 7.47. The summed E-state index contributed by atoms with van der Waals surface area (Å²) in [6, 6.07) is 6.29. The Hall–Kier alpha value is -2.14. The lowest BCUT2D eigenvalue weighted by Crippen LogP contribution is -2.26. The van der Waals surface area contributed by atoms with Gasteiger partial charge in [-0.2, -0.15) is 5.10 Å². The van der Waals surface area contributed by atoms with Crippen molar-refractivity contribution in [3.63, 3.8) is 0 Å². The van der Waals surface area contributed by atoms with E-state index >= 15 is 0 Å². The van der Waals surface area contributed by atoms with Crippen LogP contribution in [0.2, 0.25) is 0 Å². The van der Waals surface area contributed by atoms with Crippen molar-refractivity contribution in [3.8, 4) is 11.3 Å². The van der Waals surface area contributed by atoms with Crippen LogP contribution in [-0.4, -0.2) is 33.3 Å². The number of H-pyrrole nitrogens is 2. The standard InChI is InChI=1S/C15H17N5/c1-5-16-6-2-10(1)13-9-14(20-19-13)11-3-7-17-15-12(11)4-8-18-15/h3-4,7-10,16H,1-2,5-6H2,(H,17,18)(H,19,20). The lowest BCUT2D eigenvalue weighted by molar-refractivity contribution is 0.453. The molecule has 5 nitrogen and oxygen atoms in total. The Labute approximate surface area is 116 Å². The summed E-state index contributed by atoms with van der Waals surface area (Å²) in [5.41, 5.74) is 4.33. The number of fused-ring (bicyclic) bond motifs is 1. The second-order valence-corrected chi connectivity index (χ2v) is 5.33. The SMILES string of the molecule is c1cc(-c2cc(C3CCNCC3)n[nH]2)c2cc[nH]c2n1. The van der Waals surface area contributed by atoms with E-state index in [9.17, 15) is 0 Å². The third-order valence-corrected chi connectivity index (χ3v) is 4.11. The van der Waals surface area contributed by atoms with Crippen LogP contribution in [0.15, 0.2) is 30.6 Å². The summed E-state index contributed by atoms with van der Waals surface area (Å²) in [6.07, 6.45) is 6.09. The maximum atomic E-state index is 4.52. The molecule has 20 heavy (non-hydrogen) atoms. The van der Waals surface area contributed by atoms with E-state index in [1.807, 2.05) is 18.5 Å². The minimum absolute atomic E-state index is 0.574. The molecule has 4 rings (SSSR count). The zero-order chi connectivity index (χ0) is 13.4. The van der Waals surface area contributed by atoms with E-state index in [1.165, 1.54) is 18.5 Å². The van der Waals surface area contributed by atoms with Crippen LogP contribution < -0.4 is 5.32 Å². The number of nitrogens with zero attached hydrogens (tertiary/aromatic N) is 2. The van der Waals surface area contributed by atoms with Crippen molar-refractivity contribution in [1.82, 2.24) is 25.5 Å². The fraction of sp³-hybridized carbons (Fsp3) is 0.333. The number of hydrogen-bond donors (Lipinski definition) is 3. The Morgan fingerprint density at radius 1 is 1.15 bits per heavy atom. The highest BCUT2D eigenvalue weighted by Crippen LogP contribution is 2.29. The quantitative estimate of drug-likeness (QED) is 0.668. The van der Waals surface area contributed by atoms with Gasteiger partial charge in [0.25, 0.3) is 0 Å². The van der Waals surface area contributed by atoms with Gasteiger partial charge in [0.1, 0.15) is 5.65 Å². The van der Waals surface area contributed by atoms with E-state index < -0.39 is 0 Å². The Morgan fingerprint density at radius 2 is 2.05 bits per heavy atom. The van der Waals surface area contributed by atoms with Crippen molar-refractivity contribution in [2.45, 2.75) is 18.8 Å². The van der Waals surface area contributed by atoms with Crippen LogP contribution in [0.25, 0.3) is 22.3 Å². The highest BCUT2D eigenvalue weighted by Gasteiger charge is 2.18. The predicted octanol–water partition coefficient (Wildman–Crippen LogP) is 2.42. The van der Waals surface area contributed by atoms with Crippen LogP contribution in [0.1, 0.15) is 24.5 Å². The molecule has 0 aromatic carbocycles. The molecule has 3 N–H and O–H groups in total. The Bertz CT molecular complexity index is 721. The average Bonchev–Trinajstić information content (AvgIpc) is 3.17.